The Bertz CT molecular complexity index is 551. The molecule has 0 bridgehead atoms. The van der Waals surface area contributed by atoms with Crippen molar-refractivity contribution in [2.45, 2.75) is 12.7 Å². The van der Waals surface area contributed by atoms with Crippen LogP contribution < -0.4 is 4.74 Å². The zero-order valence-electron chi connectivity index (χ0n) is 11.8. The third-order valence-corrected chi connectivity index (χ3v) is 3.44. The second-order valence-corrected chi connectivity index (χ2v) is 4.29. The number of methoxy groups -OCH3 is 3. The molecule has 0 spiro atoms. The van der Waals surface area contributed by atoms with Gasteiger partial charge < -0.3 is 14.2 Å². The molecule has 0 saturated heterocycles. The van der Waals surface area contributed by atoms with E-state index in [1.807, 2.05) is 43.7 Å². The molecule has 2 aromatic carbocycles. The van der Waals surface area contributed by atoms with E-state index in [-0.39, 0.29) is 0 Å². The quantitative estimate of drug-likeness (QED) is 0.769. The van der Waals surface area contributed by atoms with E-state index in [9.17, 15) is 0 Å². The van der Waals surface area contributed by atoms with Crippen LogP contribution in [-0.2, 0) is 15.3 Å². The first-order chi connectivity index (χ1) is 9.19. The highest BCUT2D eigenvalue weighted by atomic mass is 16.7. The molecule has 0 fully saturated rings. The fourth-order valence-electron chi connectivity index (χ4n) is 2.29. The van der Waals surface area contributed by atoms with E-state index in [1.54, 1.807) is 21.3 Å². The standard InChI is InChI=1S/C16H19O3/c1-5-16(18-3,19-4)14-8-6-13-11-15(17-2)9-7-12(13)10-14/h5-11H,1-4H3. The summed E-state index contributed by atoms with van der Waals surface area (Å²) in [4.78, 5) is 0. The zero-order chi connectivity index (χ0) is 13.9. The van der Waals surface area contributed by atoms with Gasteiger partial charge in [0, 0.05) is 26.2 Å². The minimum Gasteiger partial charge on any atom is -0.497 e. The molecule has 3 heteroatoms. The topological polar surface area (TPSA) is 27.7 Å². The maximum absolute atomic E-state index is 5.51. The van der Waals surface area contributed by atoms with Gasteiger partial charge in [-0.25, -0.2) is 0 Å². The van der Waals surface area contributed by atoms with E-state index in [0.717, 1.165) is 22.1 Å². The van der Waals surface area contributed by atoms with Gasteiger partial charge in [-0.3, -0.25) is 0 Å². The van der Waals surface area contributed by atoms with Gasteiger partial charge in [-0.1, -0.05) is 25.1 Å². The Morgan fingerprint density at radius 3 is 2.11 bits per heavy atom. The molecule has 0 aromatic heterocycles. The van der Waals surface area contributed by atoms with E-state index in [1.165, 1.54) is 0 Å². The Hall–Kier alpha value is -1.58. The molecule has 1 radical (unpaired) electrons. The van der Waals surface area contributed by atoms with E-state index in [4.69, 9.17) is 14.2 Å². The predicted octanol–water partition coefficient (Wildman–Crippen LogP) is 3.52. The third-order valence-electron chi connectivity index (χ3n) is 3.44. The van der Waals surface area contributed by atoms with Crippen molar-refractivity contribution in [2.24, 2.45) is 0 Å². The molecule has 101 valence electrons. The lowest BCUT2D eigenvalue weighted by molar-refractivity contribution is -0.189. The second kappa shape index (κ2) is 5.59. The number of benzene rings is 2. The van der Waals surface area contributed by atoms with E-state index >= 15 is 0 Å². The molecule has 0 saturated carbocycles. The van der Waals surface area contributed by atoms with Crippen LogP contribution in [-0.4, -0.2) is 21.3 Å². The summed E-state index contributed by atoms with van der Waals surface area (Å²) in [5, 5.41) is 2.25. The van der Waals surface area contributed by atoms with Crippen molar-refractivity contribution in [1.29, 1.82) is 0 Å². The van der Waals surface area contributed by atoms with Crippen molar-refractivity contribution < 1.29 is 14.2 Å². The number of rotatable bonds is 5. The first kappa shape index (κ1) is 13.8. The van der Waals surface area contributed by atoms with Crippen LogP contribution in [0.25, 0.3) is 10.8 Å². The highest BCUT2D eigenvalue weighted by Crippen LogP contribution is 2.32. The number of hydrogen-bond acceptors (Lipinski definition) is 3. The van der Waals surface area contributed by atoms with Gasteiger partial charge in [0.25, 0.3) is 0 Å². The molecule has 2 rings (SSSR count). The first-order valence-corrected chi connectivity index (χ1v) is 6.18. The molecule has 0 atom stereocenters. The Morgan fingerprint density at radius 1 is 0.895 bits per heavy atom. The molecule has 0 aliphatic rings. The number of fused-ring (bicyclic) bond motifs is 1. The molecule has 2 aromatic rings. The van der Waals surface area contributed by atoms with Gasteiger partial charge >= 0.3 is 0 Å². The minimum atomic E-state index is -0.798. The highest BCUT2D eigenvalue weighted by molar-refractivity contribution is 5.84. The maximum atomic E-state index is 5.51. The summed E-state index contributed by atoms with van der Waals surface area (Å²) in [7, 11) is 4.95. The molecule has 0 amide bonds. The van der Waals surface area contributed by atoms with Crippen LogP contribution >= 0.6 is 0 Å². The largest absolute Gasteiger partial charge is 0.497 e. The van der Waals surface area contributed by atoms with Crippen molar-refractivity contribution in [1.82, 2.24) is 0 Å². The van der Waals surface area contributed by atoms with Gasteiger partial charge in [0.05, 0.1) is 7.11 Å². The predicted molar refractivity (Wildman–Crippen MR) is 76.2 cm³/mol. The Labute approximate surface area is 114 Å². The smallest absolute Gasteiger partial charge is 0.197 e. The van der Waals surface area contributed by atoms with Gasteiger partial charge in [-0.05, 0) is 29.0 Å². The van der Waals surface area contributed by atoms with Gasteiger partial charge in [-0.2, -0.15) is 0 Å². The lowest BCUT2D eigenvalue weighted by Gasteiger charge is -2.30. The van der Waals surface area contributed by atoms with Crippen LogP contribution in [0.2, 0.25) is 0 Å². The average molecular weight is 259 g/mol. The fourth-order valence-corrected chi connectivity index (χ4v) is 2.29. The van der Waals surface area contributed by atoms with Crippen LogP contribution in [0.1, 0.15) is 12.5 Å². The Kier molecular flexibility index (Phi) is 4.08. The molecular formula is C16H19O3. The molecule has 3 nitrogen and oxygen atoms in total. The van der Waals surface area contributed by atoms with Crippen LogP contribution in [0.4, 0.5) is 0 Å². The van der Waals surface area contributed by atoms with Gasteiger partial charge in [-0.15, -0.1) is 0 Å². The van der Waals surface area contributed by atoms with Crippen LogP contribution in [0.5, 0.6) is 5.75 Å². The summed E-state index contributed by atoms with van der Waals surface area (Å²) in [5.41, 5.74) is 0.970. The van der Waals surface area contributed by atoms with Gasteiger partial charge in [0.2, 0.25) is 0 Å². The molecule has 0 N–H and O–H groups in total. The third kappa shape index (κ3) is 2.44. The summed E-state index contributed by atoms with van der Waals surface area (Å²) in [6.07, 6.45) is 1.90. The van der Waals surface area contributed by atoms with Crippen molar-refractivity contribution in [2.75, 3.05) is 21.3 Å². The molecule has 0 heterocycles. The molecule has 0 unspecified atom stereocenters. The Morgan fingerprint density at radius 2 is 1.53 bits per heavy atom. The first-order valence-electron chi connectivity index (χ1n) is 6.18. The van der Waals surface area contributed by atoms with Crippen molar-refractivity contribution in [3.8, 4) is 5.75 Å². The van der Waals surface area contributed by atoms with Crippen molar-refractivity contribution in [3.05, 3.63) is 48.4 Å². The summed E-state index contributed by atoms with van der Waals surface area (Å²) < 4.78 is 16.3. The van der Waals surface area contributed by atoms with E-state index in [0.29, 0.717) is 0 Å². The van der Waals surface area contributed by atoms with Crippen LogP contribution in [0.15, 0.2) is 36.4 Å². The lowest BCUT2D eigenvalue weighted by Crippen LogP contribution is -2.30. The average Bonchev–Trinajstić information content (AvgIpc) is 2.49. The summed E-state index contributed by atoms with van der Waals surface area (Å²) >= 11 is 0. The normalized spacial score (nSPS) is 11.8. The molecule has 0 aliphatic carbocycles. The Balaban J connectivity index is 2.52. The highest BCUT2D eigenvalue weighted by Gasteiger charge is 2.30. The second-order valence-electron chi connectivity index (χ2n) is 4.29. The van der Waals surface area contributed by atoms with Gasteiger partial charge in [0.1, 0.15) is 5.75 Å². The minimum absolute atomic E-state index is 0.798. The summed E-state index contributed by atoms with van der Waals surface area (Å²) in [6.45, 7) is 1.92. The van der Waals surface area contributed by atoms with Crippen molar-refractivity contribution >= 4 is 10.8 Å². The number of hydrogen-bond donors (Lipinski definition) is 0. The van der Waals surface area contributed by atoms with Gasteiger partial charge in [0.15, 0.2) is 5.79 Å². The van der Waals surface area contributed by atoms with E-state index in [2.05, 4.69) is 6.07 Å². The monoisotopic (exact) mass is 259 g/mol. The summed E-state index contributed by atoms with van der Waals surface area (Å²) in [6, 6.07) is 12.1. The fraction of sp³-hybridized carbons (Fsp3) is 0.312. The number of ether oxygens (including phenoxy) is 3. The SMILES string of the molecule is C[CH]C(OC)(OC)c1ccc2cc(OC)ccc2c1. The van der Waals surface area contributed by atoms with Crippen LogP contribution in [0, 0.1) is 6.42 Å². The molecular weight excluding hydrogens is 240 g/mol. The van der Waals surface area contributed by atoms with Crippen molar-refractivity contribution in [3.63, 3.8) is 0 Å². The van der Waals surface area contributed by atoms with E-state index < -0.39 is 5.79 Å². The lowest BCUT2D eigenvalue weighted by atomic mass is 9.99. The zero-order valence-corrected chi connectivity index (χ0v) is 11.8. The maximum Gasteiger partial charge on any atom is 0.197 e. The molecule has 0 aliphatic heterocycles. The molecule has 19 heavy (non-hydrogen) atoms. The summed E-state index contributed by atoms with van der Waals surface area (Å²) in [5.74, 6) is 0.0562. The van der Waals surface area contributed by atoms with Crippen LogP contribution in [0.3, 0.4) is 0 Å².